The summed E-state index contributed by atoms with van der Waals surface area (Å²) in [6.07, 6.45) is 6.42. The van der Waals surface area contributed by atoms with Crippen LogP contribution in [0.2, 0.25) is 13.1 Å². The fourth-order valence-corrected chi connectivity index (χ4v) is 0.827. The van der Waals surface area contributed by atoms with Gasteiger partial charge in [0.1, 0.15) is 5.69 Å². The van der Waals surface area contributed by atoms with Crippen molar-refractivity contribution in [1.29, 1.82) is 0 Å². The van der Waals surface area contributed by atoms with Crippen LogP contribution in [0.4, 0.5) is 0 Å². The number of nitrogens with zero attached hydrogens (tertiary/aromatic N) is 3. The van der Waals surface area contributed by atoms with Gasteiger partial charge in [-0.2, -0.15) is 0 Å². The topological polar surface area (TPSA) is 47.4 Å². The van der Waals surface area contributed by atoms with Crippen LogP contribution in [0.5, 0.6) is 0 Å². The minimum absolute atomic E-state index is 0.709. The third kappa shape index (κ3) is 3.24. The van der Waals surface area contributed by atoms with Gasteiger partial charge in [-0.15, -0.1) is 5.16 Å². The van der Waals surface area contributed by atoms with Crippen molar-refractivity contribution in [3.05, 3.63) is 24.3 Å². The van der Waals surface area contributed by atoms with E-state index in [1.54, 1.807) is 24.8 Å². The first-order valence-corrected chi connectivity index (χ1v) is 5.96. The molecule has 0 unspecified atom stereocenters. The Morgan fingerprint density at radius 3 is 2.92 bits per heavy atom. The molecule has 1 heterocycles. The van der Waals surface area contributed by atoms with E-state index < -0.39 is 9.04 Å². The van der Waals surface area contributed by atoms with Crippen molar-refractivity contribution in [2.75, 3.05) is 0 Å². The molecule has 1 aromatic rings. The summed E-state index contributed by atoms with van der Waals surface area (Å²) in [7, 11) is -0.750. The van der Waals surface area contributed by atoms with Crippen LogP contribution < -0.4 is 0 Å². The number of oxime groups is 1. The summed E-state index contributed by atoms with van der Waals surface area (Å²) in [6, 6.07) is 0. The van der Waals surface area contributed by atoms with Gasteiger partial charge in [0.25, 0.3) is 0 Å². The quantitative estimate of drug-likeness (QED) is 0.397. The molecular formula is C7H10N3OSi. The first kappa shape index (κ1) is 8.86. The molecule has 5 heteroatoms. The lowest BCUT2D eigenvalue weighted by molar-refractivity contribution is 0.354. The molecule has 1 aromatic heterocycles. The van der Waals surface area contributed by atoms with E-state index in [2.05, 4.69) is 15.1 Å². The SMILES string of the molecule is C[Si](C)O/N=C/c1cnccn1. The first-order valence-electron chi connectivity index (χ1n) is 3.55. The summed E-state index contributed by atoms with van der Waals surface area (Å²) < 4.78 is 5.05. The second-order valence-electron chi connectivity index (χ2n) is 2.36. The lowest BCUT2D eigenvalue weighted by atomic mass is 10.5. The normalized spacial score (nSPS) is 10.9. The average molecular weight is 180 g/mol. The molecule has 0 aliphatic carbocycles. The molecule has 0 saturated carbocycles. The first-order chi connectivity index (χ1) is 5.79. The van der Waals surface area contributed by atoms with Crippen molar-refractivity contribution in [2.24, 2.45) is 5.16 Å². The van der Waals surface area contributed by atoms with Crippen LogP contribution in [-0.4, -0.2) is 25.2 Å². The maximum absolute atomic E-state index is 5.05. The van der Waals surface area contributed by atoms with Gasteiger partial charge in [-0.25, -0.2) is 0 Å². The van der Waals surface area contributed by atoms with E-state index in [-0.39, 0.29) is 0 Å². The fourth-order valence-electron chi connectivity index (χ4n) is 0.563. The molecule has 1 rings (SSSR count). The van der Waals surface area contributed by atoms with Crippen molar-refractivity contribution in [1.82, 2.24) is 9.97 Å². The van der Waals surface area contributed by atoms with Gasteiger partial charge in [0, 0.05) is 12.4 Å². The highest BCUT2D eigenvalue weighted by Gasteiger charge is 1.94. The Morgan fingerprint density at radius 2 is 2.33 bits per heavy atom. The summed E-state index contributed by atoms with van der Waals surface area (Å²) in [4.78, 5) is 7.88. The highest BCUT2D eigenvalue weighted by Crippen LogP contribution is 1.87. The van der Waals surface area contributed by atoms with Crippen molar-refractivity contribution in [3.8, 4) is 0 Å². The fraction of sp³-hybridized carbons (Fsp3) is 0.286. The maximum Gasteiger partial charge on any atom is 0.313 e. The molecule has 0 spiro atoms. The molecule has 0 fully saturated rings. The molecule has 1 radical (unpaired) electrons. The molecule has 12 heavy (non-hydrogen) atoms. The van der Waals surface area contributed by atoms with E-state index in [0.29, 0.717) is 5.69 Å². The van der Waals surface area contributed by atoms with Crippen molar-refractivity contribution in [3.63, 3.8) is 0 Å². The number of aromatic nitrogens is 2. The van der Waals surface area contributed by atoms with E-state index in [1.807, 2.05) is 13.1 Å². The van der Waals surface area contributed by atoms with Gasteiger partial charge in [0.2, 0.25) is 0 Å². The highest BCUT2D eigenvalue weighted by molar-refractivity contribution is 6.48. The molecule has 0 bridgehead atoms. The van der Waals surface area contributed by atoms with Gasteiger partial charge >= 0.3 is 9.04 Å². The number of hydrogen-bond acceptors (Lipinski definition) is 4. The van der Waals surface area contributed by atoms with E-state index in [1.165, 1.54) is 0 Å². The van der Waals surface area contributed by atoms with Crippen LogP contribution in [0, 0.1) is 0 Å². The number of hydrogen-bond donors (Lipinski definition) is 0. The Hall–Kier alpha value is -1.23. The lowest BCUT2D eigenvalue weighted by Crippen LogP contribution is -2.02. The summed E-state index contributed by atoms with van der Waals surface area (Å²) in [5, 5.41) is 3.76. The summed E-state index contributed by atoms with van der Waals surface area (Å²) >= 11 is 0. The van der Waals surface area contributed by atoms with Crippen LogP contribution in [-0.2, 0) is 4.53 Å². The van der Waals surface area contributed by atoms with E-state index >= 15 is 0 Å². The zero-order valence-electron chi connectivity index (χ0n) is 7.06. The minimum atomic E-state index is -0.750. The third-order valence-electron chi connectivity index (χ3n) is 1.00. The zero-order valence-corrected chi connectivity index (χ0v) is 8.06. The highest BCUT2D eigenvalue weighted by atomic mass is 28.3. The molecular weight excluding hydrogens is 170 g/mol. The molecule has 63 valence electrons. The summed E-state index contributed by atoms with van der Waals surface area (Å²) in [5.41, 5.74) is 0.709. The summed E-state index contributed by atoms with van der Waals surface area (Å²) in [6.45, 7) is 4.03. The maximum atomic E-state index is 5.05. The van der Waals surface area contributed by atoms with E-state index in [0.717, 1.165) is 0 Å². The Morgan fingerprint density at radius 1 is 1.50 bits per heavy atom. The molecule has 0 amide bonds. The van der Waals surface area contributed by atoms with Gasteiger partial charge in [0.05, 0.1) is 12.4 Å². The molecule has 0 aliphatic rings. The van der Waals surface area contributed by atoms with Crippen LogP contribution in [0.25, 0.3) is 0 Å². The Kier molecular flexibility index (Phi) is 3.40. The van der Waals surface area contributed by atoms with Gasteiger partial charge in [-0.1, -0.05) is 0 Å². The van der Waals surface area contributed by atoms with Crippen molar-refractivity contribution in [2.45, 2.75) is 13.1 Å². The van der Waals surface area contributed by atoms with Crippen LogP contribution in [0.15, 0.2) is 23.7 Å². The van der Waals surface area contributed by atoms with Crippen LogP contribution in [0.3, 0.4) is 0 Å². The van der Waals surface area contributed by atoms with Crippen LogP contribution in [0.1, 0.15) is 5.69 Å². The standard InChI is InChI=1S/C7H10N3OSi/c1-12(2)11-10-6-7-5-8-3-4-9-7/h3-6H,1-2H3/b10-6+. The third-order valence-corrected chi connectivity index (χ3v) is 1.47. The predicted molar refractivity (Wildman–Crippen MR) is 48.2 cm³/mol. The van der Waals surface area contributed by atoms with E-state index in [9.17, 15) is 0 Å². The molecule has 0 N–H and O–H groups in total. The molecule has 0 atom stereocenters. The van der Waals surface area contributed by atoms with E-state index in [4.69, 9.17) is 4.53 Å². The molecule has 4 nitrogen and oxygen atoms in total. The van der Waals surface area contributed by atoms with Crippen molar-refractivity contribution >= 4 is 15.3 Å². The Labute approximate surface area is 73.0 Å². The smallest absolute Gasteiger partial charge is 0.313 e. The predicted octanol–water partition coefficient (Wildman–Crippen LogP) is 1.08. The van der Waals surface area contributed by atoms with Gasteiger partial charge in [0.15, 0.2) is 0 Å². The number of rotatable bonds is 3. The van der Waals surface area contributed by atoms with Crippen molar-refractivity contribution < 1.29 is 4.53 Å². The summed E-state index contributed by atoms with van der Waals surface area (Å²) in [5.74, 6) is 0. The second-order valence-corrected chi connectivity index (χ2v) is 4.36. The Bertz CT molecular complexity index is 250. The largest absolute Gasteiger partial charge is 0.455 e. The molecule has 0 saturated heterocycles. The molecule has 0 aliphatic heterocycles. The van der Waals surface area contributed by atoms with Crippen LogP contribution >= 0.6 is 0 Å². The zero-order chi connectivity index (χ0) is 8.81. The monoisotopic (exact) mass is 180 g/mol. The van der Waals surface area contributed by atoms with Gasteiger partial charge in [-0.05, 0) is 13.1 Å². The Balaban J connectivity index is 2.47. The van der Waals surface area contributed by atoms with Gasteiger partial charge in [-0.3, -0.25) is 9.97 Å². The minimum Gasteiger partial charge on any atom is -0.455 e. The second kappa shape index (κ2) is 4.61. The molecule has 0 aromatic carbocycles. The average Bonchev–Trinajstić information content (AvgIpc) is 2.05. The lowest BCUT2D eigenvalue weighted by Gasteiger charge is -1.97. The van der Waals surface area contributed by atoms with Gasteiger partial charge < -0.3 is 4.53 Å².